The number of nitrogens with zero attached hydrogens (tertiary/aromatic N) is 8. The van der Waals surface area contributed by atoms with Crippen molar-refractivity contribution in [3.63, 3.8) is 0 Å². The van der Waals surface area contributed by atoms with Crippen molar-refractivity contribution < 1.29 is 32.6 Å². The van der Waals surface area contributed by atoms with Crippen LogP contribution < -0.4 is 15.8 Å². The molecule has 3 aromatic heterocycles. The molecule has 0 unspecified atom stereocenters. The molecule has 5 heterocycles. The average Bonchev–Trinajstić information content (AvgIpc) is 3.60. The lowest BCUT2D eigenvalue weighted by Gasteiger charge is -2.36. The molecule has 0 aliphatic carbocycles. The van der Waals surface area contributed by atoms with Crippen LogP contribution in [-0.4, -0.2) is 83.7 Å². The number of aromatic hydroxyl groups is 1. The minimum Gasteiger partial charge on any atom is -0.504 e. The van der Waals surface area contributed by atoms with Crippen LogP contribution in [0, 0.1) is 6.92 Å². The Morgan fingerprint density at radius 3 is 2.51 bits per heavy atom. The summed E-state index contributed by atoms with van der Waals surface area (Å²) in [6.07, 6.45) is -2.46. The summed E-state index contributed by atoms with van der Waals surface area (Å²) < 4.78 is 48.5. The molecule has 2 amide bonds. The van der Waals surface area contributed by atoms with Crippen LogP contribution in [0.3, 0.4) is 0 Å². The first-order chi connectivity index (χ1) is 26.1. The SMILES string of the molecule is CCc1c(N2CCN(C(=O)c3ncnc(C)c3O)CC2)c(=O)n2nc(-c3ccc4c(c3)CCOC4(C)C)nc2n1CC(=O)Nc1ccc(C(F)(F)F)cc1Cl. The van der Waals surface area contributed by atoms with Crippen LogP contribution in [-0.2, 0) is 40.7 Å². The molecule has 0 spiro atoms. The van der Waals surface area contributed by atoms with Gasteiger partial charge in [0.05, 0.1) is 39.9 Å². The van der Waals surface area contributed by atoms with Crippen LogP contribution in [0.25, 0.3) is 17.2 Å². The predicted molar refractivity (Wildman–Crippen MR) is 196 cm³/mol. The van der Waals surface area contributed by atoms with Crippen LogP contribution in [0.15, 0.2) is 47.5 Å². The summed E-state index contributed by atoms with van der Waals surface area (Å²) in [6.45, 7) is 8.34. The molecule has 2 N–H and O–H groups in total. The molecule has 55 heavy (non-hydrogen) atoms. The molecule has 2 aliphatic rings. The molecule has 0 saturated carbocycles. The van der Waals surface area contributed by atoms with Gasteiger partial charge in [0.1, 0.15) is 18.6 Å². The summed E-state index contributed by atoms with van der Waals surface area (Å²) in [5.41, 5.74) is 1.65. The van der Waals surface area contributed by atoms with Crippen molar-refractivity contribution >= 4 is 40.6 Å². The zero-order valence-corrected chi connectivity index (χ0v) is 31.1. The molecule has 0 atom stereocenters. The molecule has 288 valence electrons. The van der Waals surface area contributed by atoms with Gasteiger partial charge < -0.3 is 29.5 Å². The summed E-state index contributed by atoms with van der Waals surface area (Å²) in [5, 5.41) is 17.4. The fourth-order valence-electron chi connectivity index (χ4n) is 7.10. The maximum atomic E-state index is 14.4. The van der Waals surface area contributed by atoms with Gasteiger partial charge in [0, 0.05) is 31.7 Å². The van der Waals surface area contributed by atoms with E-state index in [1.165, 1.54) is 11.2 Å². The van der Waals surface area contributed by atoms with E-state index in [1.807, 2.05) is 43.9 Å². The fourth-order valence-corrected chi connectivity index (χ4v) is 7.33. The van der Waals surface area contributed by atoms with E-state index >= 15 is 0 Å². The van der Waals surface area contributed by atoms with Crippen LogP contribution in [0.4, 0.5) is 24.5 Å². The van der Waals surface area contributed by atoms with E-state index in [9.17, 15) is 32.7 Å². The third-order valence-electron chi connectivity index (χ3n) is 9.97. The van der Waals surface area contributed by atoms with Gasteiger partial charge in [-0.1, -0.05) is 30.7 Å². The van der Waals surface area contributed by atoms with Gasteiger partial charge in [-0.3, -0.25) is 14.4 Å². The number of carbonyl (C=O) groups is 2. The number of rotatable bonds is 7. The molecule has 5 aromatic rings. The predicted octanol–water partition coefficient (Wildman–Crippen LogP) is 5.01. The smallest absolute Gasteiger partial charge is 0.416 e. The Hall–Kier alpha value is -5.55. The Kier molecular flexibility index (Phi) is 9.79. The highest BCUT2D eigenvalue weighted by Crippen LogP contribution is 2.36. The Balaban J connectivity index is 1.27. The number of aryl methyl sites for hydroxylation is 1. The Morgan fingerprint density at radius 1 is 1.07 bits per heavy atom. The number of hydrogen-bond donors (Lipinski definition) is 2. The number of benzene rings is 2. The van der Waals surface area contributed by atoms with Gasteiger partial charge in [-0.05, 0) is 69.0 Å². The van der Waals surface area contributed by atoms with Crippen molar-refractivity contribution in [2.75, 3.05) is 43.0 Å². The summed E-state index contributed by atoms with van der Waals surface area (Å²) in [5.74, 6) is -1.09. The van der Waals surface area contributed by atoms with Crippen molar-refractivity contribution in [1.82, 2.24) is 34.0 Å². The highest BCUT2D eigenvalue weighted by atomic mass is 35.5. The number of fused-ring (bicyclic) bond motifs is 2. The Morgan fingerprint density at radius 2 is 1.82 bits per heavy atom. The molecule has 2 aliphatic heterocycles. The van der Waals surface area contributed by atoms with E-state index in [4.69, 9.17) is 21.3 Å². The third-order valence-corrected chi connectivity index (χ3v) is 10.3. The van der Waals surface area contributed by atoms with E-state index in [0.717, 1.165) is 33.8 Å². The van der Waals surface area contributed by atoms with Crippen molar-refractivity contribution in [3.8, 4) is 17.1 Å². The van der Waals surface area contributed by atoms with Crippen molar-refractivity contribution in [1.29, 1.82) is 0 Å². The molecule has 1 fully saturated rings. The van der Waals surface area contributed by atoms with Gasteiger partial charge in [0.15, 0.2) is 17.3 Å². The first-order valence-corrected chi connectivity index (χ1v) is 18.0. The number of nitrogens with one attached hydrogen (secondary N) is 1. The van der Waals surface area contributed by atoms with E-state index in [2.05, 4.69) is 20.4 Å². The second-order valence-electron chi connectivity index (χ2n) is 13.8. The molecule has 18 heteroatoms. The summed E-state index contributed by atoms with van der Waals surface area (Å²) in [6, 6.07) is 8.41. The first kappa shape index (κ1) is 37.8. The lowest BCUT2D eigenvalue weighted by atomic mass is 9.88. The molecule has 0 bridgehead atoms. The normalized spacial score (nSPS) is 15.6. The average molecular weight is 780 g/mol. The summed E-state index contributed by atoms with van der Waals surface area (Å²) in [4.78, 5) is 57.4. The molecular weight excluding hydrogens is 743 g/mol. The van der Waals surface area contributed by atoms with Crippen LogP contribution in [0.2, 0.25) is 5.02 Å². The molecule has 7 rings (SSSR count). The number of anilines is 2. The number of carbonyl (C=O) groups excluding carboxylic acids is 2. The molecule has 0 radical (unpaired) electrons. The van der Waals surface area contributed by atoms with Gasteiger partial charge >= 0.3 is 6.18 Å². The second kappa shape index (κ2) is 14.3. The monoisotopic (exact) mass is 779 g/mol. The highest BCUT2D eigenvalue weighted by Gasteiger charge is 2.33. The Bertz CT molecular complexity index is 2400. The lowest BCUT2D eigenvalue weighted by molar-refractivity contribution is -0.137. The number of alkyl halides is 3. The van der Waals surface area contributed by atoms with E-state index < -0.39 is 41.3 Å². The lowest BCUT2D eigenvalue weighted by Crippen LogP contribution is -2.51. The van der Waals surface area contributed by atoms with Gasteiger partial charge in [0.25, 0.3) is 11.5 Å². The topological polar surface area (TPSA) is 160 Å². The number of piperazine rings is 1. The molecular formula is C37H37ClF3N9O5. The fraction of sp³-hybridized carbons (Fsp3) is 0.378. The van der Waals surface area contributed by atoms with Crippen molar-refractivity contribution in [2.45, 2.75) is 58.9 Å². The minimum atomic E-state index is -4.62. The van der Waals surface area contributed by atoms with E-state index in [-0.39, 0.29) is 77.7 Å². The van der Waals surface area contributed by atoms with Gasteiger partial charge in [-0.2, -0.15) is 22.7 Å². The largest absolute Gasteiger partial charge is 0.504 e. The number of ether oxygens (including phenoxy) is 1. The molecule has 14 nitrogen and oxygen atoms in total. The minimum absolute atomic E-state index is 0.0242. The van der Waals surface area contributed by atoms with Gasteiger partial charge in [0.2, 0.25) is 11.7 Å². The van der Waals surface area contributed by atoms with E-state index in [1.54, 1.807) is 11.5 Å². The van der Waals surface area contributed by atoms with Gasteiger partial charge in [-0.25, -0.2) is 9.97 Å². The van der Waals surface area contributed by atoms with Crippen molar-refractivity contribution in [2.24, 2.45) is 0 Å². The molecule has 1 saturated heterocycles. The highest BCUT2D eigenvalue weighted by molar-refractivity contribution is 6.33. The van der Waals surface area contributed by atoms with Crippen LogP contribution in [0.5, 0.6) is 5.75 Å². The zero-order chi connectivity index (χ0) is 39.4. The van der Waals surface area contributed by atoms with E-state index in [0.29, 0.717) is 24.3 Å². The van der Waals surface area contributed by atoms with Crippen LogP contribution >= 0.6 is 11.6 Å². The zero-order valence-electron chi connectivity index (χ0n) is 30.4. The number of aromatic nitrogens is 6. The second-order valence-corrected chi connectivity index (χ2v) is 14.3. The number of hydrogen-bond acceptors (Lipinski definition) is 10. The number of amides is 2. The van der Waals surface area contributed by atoms with Gasteiger partial charge in [-0.15, -0.1) is 5.10 Å². The maximum Gasteiger partial charge on any atom is 0.416 e. The maximum absolute atomic E-state index is 14.4. The van der Waals surface area contributed by atoms with Crippen LogP contribution in [0.1, 0.15) is 59.3 Å². The molecule has 2 aromatic carbocycles. The third kappa shape index (κ3) is 7.09. The number of halogens is 4. The van der Waals surface area contributed by atoms with Crippen molar-refractivity contribution in [3.05, 3.63) is 91.9 Å². The Labute approximate surface area is 317 Å². The quantitative estimate of drug-likeness (QED) is 0.230. The summed E-state index contributed by atoms with van der Waals surface area (Å²) >= 11 is 6.16. The summed E-state index contributed by atoms with van der Waals surface area (Å²) in [7, 11) is 0. The first-order valence-electron chi connectivity index (χ1n) is 17.6. The standard InChI is InChI=1S/C37H37ClF3N9O5/c1-5-27-30(47-11-13-48(14-12-47)33(53)29-31(52)20(2)42-19-43-29)34(54)50-35(45-32(46-50)22-6-8-24-21(16-22)10-15-55-36(24,3)4)49(27)18-28(51)44-26-9-7-23(17-25(26)38)37(39,40)41/h6-9,16-17,19,52H,5,10-15,18H2,1-4H3,(H,44,51).